The maximum atomic E-state index is 13.9. The molecule has 2 aliphatic rings. The number of rotatable bonds is 9. The lowest BCUT2D eigenvalue weighted by Crippen LogP contribution is -2.44. The molecule has 0 atom stereocenters. The van der Waals surface area contributed by atoms with Crippen LogP contribution in [0.3, 0.4) is 0 Å². The van der Waals surface area contributed by atoms with Gasteiger partial charge in [-0.25, -0.2) is 13.6 Å². The molecule has 3 heterocycles. The summed E-state index contributed by atoms with van der Waals surface area (Å²) < 4.78 is 39.9. The summed E-state index contributed by atoms with van der Waals surface area (Å²) in [5.41, 5.74) is 1.27. The number of hydrogen-bond donors (Lipinski definition) is 0. The normalized spacial score (nSPS) is 16.7. The fourth-order valence-corrected chi connectivity index (χ4v) is 5.33. The van der Waals surface area contributed by atoms with Crippen LogP contribution in [-0.4, -0.2) is 79.3 Å². The number of anilines is 1. The topological polar surface area (TPSA) is 86.0 Å². The van der Waals surface area contributed by atoms with Crippen LogP contribution >= 0.6 is 0 Å². The number of nitrogens with zero attached hydrogens (tertiary/aromatic N) is 4. The molecule has 11 heteroatoms. The Labute approximate surface area is 224 Å². The van der Waals surface area contributed by atoms with E-state index in [4.69, 9.17) is 9.47 Å². The fourth-order valence-electron chi connectivity index (χ4n) is 5.33. The third-order valence-corrected chi connectivity index (χ3v) is 7.43. The van der Waals surface area contributed by atoms with E-state index in [1.54, 1.807) is 15.5 Å². The smallest absolute Gasteiger partial charge is 0.332 e. The molecule has 0 N–H and O–H groups in total. The lowest BCUT2D eigenvalue weighted by atomic mass is 10.0. The van der Waals surface area contributed by atoms with E-state index in [1.807, 2.05) is 24.3 Å². The Kier molecular flexibility index (Phi) is 8.25. The van der Waals surface area contributed by atoms with Gasteiger partial charge in [0.05, 0.1) is 30.7 Å². The highest BCUT2D eigenvalue weighted by molar-refractivity contribution is 5.80. The quantitative estimate of drug-likeness (QED) is 0.387. The third-order valence-electron chi connectivity index (χ3n) is 7.43. The number of carbonyl (C=O) groups is 1. The van der Waals surface area contributed by atoms with Gasteiger partial charge in [-0.15, -0.1) is 0 Å². The van der Waals surface area contributed by atoms with Gasteiger partial charge in [0.2, 0.25) is 6.41 Å². The highest BCUT2D eigenvalue weighted by Gasteiger charge is 2.25. The van der Waals surface area contributed by atoms with E-state index in [0.29, 0.717) is 44.7 Å². The van der Waals surface area contributed by atoms with Gasteiger partial charge in [-0.2, -0.15) is 0 Å². The molecule has 1 aromatic heterocycles. The van der Waals surface area contributed by atoms with Crippen molar-refractivity contribution >= 4 is 23.0 Å². The van der Waals surface area contributed by atoms with Crippen LogP contribution in [0, 0.1) is 0 Å². The predicted octanol–water partition coefficient (Wildman–Crippen LogP) is 2.53. The molecule has 2 aromatic carbocycles. The monoisotopic (exact) mass is 542 g/mol. The molecule has 2 aliphatic heterocycles. The van der Waals surface area contributed by atoms with E-state index in [9.17, 15) is 23.2 Å². The summed E-state index contributed by atoms with van der Waals surface area (Å²) in [4.78, 5) is 42.7. The van der Waals surface area contributed by atoms with Gasteiger partial charge >= 0.3 is 5.69 Å². The van der Waals surface area contributed by atoms with Crippen molar-refractivity contribution in [2.24, 2.45) is 0 Å². The fraction of sp³-hybridized carbons (Fsp3) is 0.464. The number of piperidine rings is 1. The summed E-state index contributed by atoms with van der Waals surface area (Å²) in [5, 5.41) is 0.228. The molecule has 208 valence electrons. The van der Waals surface area contributed by atoms with Gasteiger partial charge in [-0.3, -0.25) is 18.7 Å². The van der Waals surface area contributed by atoms with Crippen LogP contribution in [0.4, 0.5) is 14.5 Å². The van der Waals surface area contributed by atoms with Crippen molar-refractivity contribution in [3.05, 3.63) is 68.9 Å². The van der Waals surface area contributed by atoms with Crippen molar-refractivity contribution in [3.8, 4) is 5.75 Å². The van der Waals surface area contributed by atoms with E-state index in [0.717, 1.165) is 30.8 Å². The lowest BCUT2D eigenvalue weighted by Gasteiger charge is -2.31. The first-order valence-electron chi connectivity index (χ1n) is 13.2. The van der Waals surface area contributed by atoms with Gasteiger partial charge in [0.1, 0.15) is 19.1 Å². The number of aromatic nitrogens is 2. The van der Waals surface area contributed by atoms with Gasteiger partial charge in [-0.05, 0) is 48.7 Å². The van der Waals surface area contributed by atoms with Crippen molar-refractivity contribution in [1.29, 1.82) is 0 Å². The van der Waals surface area contributed by atoms with Crippen LogP contribution in [-0.2, 0) is 16.1 Å². The van der Waals surface area contributed by atoms with Gasteiger partial charge in [0.15, 0.2) is 6.10 Å². The number of likely N-dealkylation sites (tertiary alicyclic amines) is 1. The molecule has 1 amide bonds. The molecular formula is C28H32F2N4O5. The Morgan fingerprint density at radius 1 is 1.00 bits per heavy atom. The first kappa shape index (κ1) is 26.9. The second-order valence-electron chi connectivity index (χ2n) is 9.91. The number of carbonyl (C=O) groups excluding carboxylic acids is 1. The van der Waals surface area contributed by atoms with Crippen LogP contribution in [0.25, 0.3) is 10.9 Å². The van der Waals surface area contributed by atoms with Crippen LogP contribution in [0.15, 0.2) is 52.1 Å². The van der Waals surface area contributed by atoms with Gasteiger partial charge in [0, 0.05) is 37.9 Å². The summed E-state index contributed by atoms with van der Waals surface area (Å²) in [6.07, 6.45) is 0.645. The number of fused-ring (bicyclic) bond motifs is 1. The average molecular weight is 543 g/mol. The number of morpholine rings is 1. The molecule has 0 saturated carbocycles. The Morgan fingerprint density at radius 3 is 2.44 bits per heavy atom. The Hall–Kier alpha value is -3.73. The minimum Gasteiger partial charge on any atom is -0.485 e. The molecule has 0 unspecified atom stereocenters. The SMILES string of the molecule is O=CN1CCC(n2c(=O)n(Cc3cccc(N4CCOCC4)c3)c(=O)c3cc(OC(CF)CF)ccc32)CC1. The van der Waals surface area contributed by atoms with Gasteiger partial charge in [-0.1, -0.05) is 12.1 Å². The number of benzene rings is 2. The van der Waals surface area contributed by atoms with Crippen LogP contribution in [0.2, 0.25) is 0 Å². The first-order chi connectivity index (χ1) is 19.0. The summed E-state index contributed by atoms with van der Waals surface area (Å²) in [7, 11) is 0. The number of alkyl halides is 2. The zero-order valence-electron chi connectivity index (χ0n) is 21.6. The molecule has 0 aliphatic carbocycles. The van der Waals surface area contributed by atoms with Gasteiger partial charge in [0.25, 0.3) is 5.56 Å². The molecule has 2 fully saturated rings. The average Bonchev–Trinajstić information content (AvgIpc) is 2.99. The van der Waals surface area contributed by atoms with Crippen LogP contribution in [0.1, 0.15) is 24.4 Å². The highest BCUT2D eigenvalue weighted by atomic mass is 19.1. The zero-order chi connectivity index (χ0) is 27.4. The second kappa shape index (κ2) is 12.0. The lowest BCUT2D eigenvalue weighted by molar-refractivity contribution is -0.119. The minimum atomic E-state index is -1.27. The summed E-state index contributed by atoms with van der Waals surface area (Å²) in [6, 6.07) is 12.1. The first-order valence-corrected chi connectivity index (χ1v) is 13.2. The van der Waals surface area contributed by atoms with Crippen LogP contribution < -0.4 is 20.9 Å². The molecule has 0 radical (unpaired) electrons. The molecule has 0 bridgehead atoms. The summed E-state index contributed by atoms with van der Waals surface area (Å²) in [6.45, 7) is 1.83. The van der Waals surface area contributed by atoms with Gasteiger partial charge < -0.3 is 19.3 Å². The summed E-state index contributed by atoms with van der Waals surface area (Å²) in [5.74, 6) is 0.154. The van der Waals surface area contributed by atoms with Crippen molar-refractivity contribution in [3.63, 3.8) is 0 Å². The largest absolute Gasteiger partial charge is 0.485 e. The standard InChI is InChI=1S/C28H32F2N4O5/c29-16-24(17-30)39-23-4-5-26-25(15-23)27(36)33(28(37)34(26)21-6-8-31(19-35)9-7-21)18-20-2-1-3-22(14-20)32-10-12-38-13-11-32/h1-5,14-15,19,21,24H,6-13,16-18H2. The predicted molar refractivity (Wildman–Crippen MR) is 143 cm³/mol. The van der Waals surface area contributed by atoms with Crippen molar-refractivity contribution < 1.29 is 23.0 Å². The van der Waals surface area contributed by atoms with E-state index < -0.39 is 30.7 Å². The van der Waals surface area contributed by atoms with E-state index in [2.05, 4.69) is 4.90 Å². The summed E-state index contributed by atoms with van der Waals surface area (Å²) >= 11 is 0. The Balaban J connectivity index is 1.58. The Morgan fingerprint density at radius 2 is 1.74 bits per heavy atom. The minimum absolute atomic E-state index is 0.0572. The highest BCUT2D eigenvalue weighted by Crippen LogP contribution is 2.26. The number of amides is 1. The number of halogens is 2. The van der Waals surface area contributed by atoms with Crippen LogP contribution in [0.5, 0.6) is 5.75 Å². The molecule has 2 saturated heterocycles. The molecule has 5 rings (SSSR count). The molecule has 3 aromatic rings. The van der Waals surface area contributed by atoms with E-state index >= 15 is 0 Å². The molecule has 9 nitrogen and oxygen atoms in total. The number of ether oxygens (including phenoxy) is 2. The molecule has 39 heavy (non-hydrogen) atoms. The number of hydrogen-bond acceptors (Lipinski definition) is 6. The molecule has 0 spiro atoms. The van der Waals surface area contributed by atoms with Crippen molar-refractivity contribution in [2.45, 2.75) is 31.5 Å². The maximum Gasteiger partial charge on any atom is 0.332 e. The zero-order valence-corrected chi connectivity index (χ0v) is 21.6. The maximum absolute atomic E-state index is 13.9. The van der Waals surface area contributed by atoms with E-state index in [-0.39, 0.29) is 23.7 Å². The third kappa shape index (κ3) is 5.68. The van der Waals surface area contributed by atoms with Crippen molar-refractivity contribution in [1.82, 2.24) is 14.0 Å². The van der Waals surface area contributed by atoms with Crippen molar-refractivity contribution in [2.75, 3.05) is 57.6 Å². The molecular weight excluding hydrogens is 510 g/mol. The Bertz CT molecular complexity index is 1420. The van der Waals surface area contributed by atoms with E-state index in [1.165, 1.54) is 16.7 Å². The second-order valence-corrected chi connectivity index (χ2v) is 9.91.